The Bertz CT molecular complexity index is 998. The van der Waals surface area contributed by atoms with Crippen LogP contribution >= 0.6 is 0 Å². The van der Waals surface area contributed by atoms with E-state index in [4.69, 9.17) is 5.73 Å². The number of benzene rings is 3. The van der Waals surface area contributed by atoms with Gasteiger partial charge in [-0.05, 0) is 30.7 Å². The maximum atomic E-state index is 12.8. The maximum Gasteiger partial charge on any atom is 0.262 e. The zero-order valence-corrected chi connectivity index (χ0v) is 13.3. The molecule has 0 saturated heterocycles. The highest BCUT2D eigenvalue weighted by molar-refractivity contribution is 7.93. The largest absolute Gasteiger partial charge is 0.506 e. The Morgan fingerprint density at radius 3 is 2.30 bits per heavy atom. The summed E-state index contributed by atoms with van der Waals surface area (Å²) >= 11 is 0. The third-order valence-electron chi connectivity index (χ3n) is 3.69. The third-order valence-corrected chi connectivity index (χ3v) is 5.10. The van der Waals surface area contributed by atoms with Crippen molar-refractivity contribution < 1.29 is 13.5 Å². The Hall–Kier alpha value is -2.73. The summed E-state index contributed by atoms with van der Waals surface area (Å²) in [5.74, 6) is -0.132. The summed E-state index contributed by atoms with van der Waals surface area (Å²) in [7, 11) is -3.87. The maximum absolute atomic E-state index is 12.8. The van der Waals surface area contributed by atoms with Crippen LogP contribution in [0.4, 0.5) is 11.4 Å². The number of nitrogens with two attached hydrogens (primary N) is 1. The van der Waals surface area contributed by atoms with Gasteiger partial charge < -0.3 is 10.8 Å². The monoisotopic (exact) mass is 328 g/mol. The highest BCUT2D eigenvalue weighted by Crippen LogP contribution is 2.33. The van der Waals surface area contributed by atoms with Crippen molar-refractivity contribution >= 4 is 32.2 Å². The first kappa shape index (κ1) is 15.2. The van der Waals surface area contributed by atoms with E-state index in [9.17, 15) is 13.5 Å². The molecule has 0 radical (unpaired) electrons. The number of aryl methyl sites for hydroxylation is 1. The van der Waals surface area contributed by atoms with E-state index in [1.165, 1.54) is 12.1 Å². The van der Waals surface area contributed by atoms with Gasteiger partial charge in [0, 0.05) is 16.5 Å². The molecule has 0 amide bonds. The average Bonchev–Trinajstić information content (AvgIpc) is 2.53. The molecule has 0 unspecified atom stereocenters. The van der Waals surface area contributed by atoms with E-state index in [1.807, 2.05) is 6.07 Å². The number of para-hydroxylation sites is 2. The van der Waals surface area contributed by atoms with Crippen molar-refractivity contribution in [1.82, 2.24) is 0 Å². The second kappa shape index (κ2) is 5.48. The van der Waals surface area contributed by atoms with Gasteiger partial charge in [0.05, 0.1) is 10.6 Å². The first-order valence-electron chi connectivity index (χ1n) is 6.99. The van der Waals surface area contributed by atoms with E-state index in [0.29, 0.717) is 22.0 Å². The van der Waals surface area contributed by atoms with Crippen LogP contribution in [-0.2, 0) is 10.0 Å². The summed E-state index contributed by atoms with van der Waals surface area (Å²) in [4.78, 5) is 0.128. The number of anilines is 2. The molecular formula is C17H16N2O3S. The van der Waals surface area contributed by atoms with Gasteiger partial charge in [-0.25, -0.2) is 8.42 Å². The van der Waals surface area contributed by atoms with Crippen molar-refractivity contribution in [3.05, 3.63) is 60.2 Å². The number of phenolic OH excluding ortho intramolecular Hbond substituents is 1. The van der Waals surface area contributed by atoms with Crippen LogP contribution in [0, 0.1) is 6.92 Å². The number of hydrogen-bond donors (Lipinski definition) is 3. The summed E-state index contributed by atoms with van der Waals surface area (Å²) in [5.41, 5.74) is 7.42. The summed E-state index contributed by atoms with van der Waals surface area (Å²) in [6.45, 7) is 1.76. The highest BCUT2D eigenvalue weighted by Gasteiger charge is 2.20. The lowest BCUT2D eigenvalue weighted by Crippen LogP contribution is -2.14. The van der Waals surface area contributed by atoms with Crippen molar-refractivity contribution in [2.24, 2.45) is 0 Å². The molecule has 23 heavy (non-hydrogen) atoms. The van der Waals surface area contributed by atoms with Gasteiger partial charge in [-0.2, -0.15) is 0 Å². The third kappa shape index (κ3) is 2.68. The fraction of sp³-hybridized carbons (Fsp3) is 0.0588. The fourth-order valence-electron chi connectivity index (χ4n) is 2.48. The van der Waals surface area contributed by atoms with Crippen LogP contribution in [0.1, 0.15) is 5.56 Å². The van der Waals surface area contributed by atoms with Crippen molar-refractivity contribution in [2.45, 2.75) is 11.8 Å². The molecule has 0 aromatic heterocycles. The van der Waals surface area contributed by atoms with Crippen LogP contribution in [0.25, 0.3) is 10.8 Å². The van der Waals surface area contributed by atoms with Crippen LogP contribution < -0.4 is 10.5 Å². The van der Waals surface area contributed by atoms with Crippen LogP contribution in [0.2, 0.25) is 0 Å². The summed E-state index contributed by atoms with van der Waals surface area (Å²) < 4.78 is 28.0. The van der Waals surface area contributed by atoms with E-state index in [0.717, 1.165) is 0 Å². The first-order valence-corrected chi connectivity index (χ1v) is 8.47. The van der Waals surface area contributed by atoms with Crippen LogP contribution in [0.15, 0.2) is 59.5 Å². The molecule has 0 aliphatic carbocycles. The zero-order chi connectivity index (χ0) is 16.6. The van der Waals surface area contributed by atoms with Crippen molar-refractivity contribution in [1.29, 1.82) is 0 Å². The second-order valence-electron chi connectivity index (χ2n) is 5.27. The molecule has 3 rings (SSSR count). The van der Waals surface area contributed by atoms with E-state index in [2.05, 4.69) is 4.72 Å². The molecule has 0 saturated carbocycles. The van der Waals surface area contributed by atoms with Crippen molar-refractivity contribution in [3.8, 4) is 5.75 Å². The molecule has 118 valence electrons. The summed E-state index contributed by atoms with van der Waals surface area (Å²) in [6.07, 6.45) is 0. The van der Waals surface area contributed by atoms with Crippen LogP contribution in [0.3, 0.4) is 0 Å². The molecule has 0 aliphatic rings. The molecule has 6 heteroatoms. The minimum atomic E-state index is -3.87. The lowest BCUT2D eigenvalue weighted by Gasteiger charge is -2.14. The lowest BCUT2D eigenvalue weighted by atomic mass is 10.1. The van der Waals surface area contributed by atoms with Gasteiger partial charge in [0.25, 0.3) is 10.0 Å². The Labute approximate surface area is 134 Å². The van der Waals surface area contributed by atoms with E-state index >= 15 is 0 Å². The fourth-order valence-corrected chi connectivity index (χ4v) is 3.85. The Balaban J connectivity index is 2.20. The quantitative estimate of drug-likeness (QED) is 0.508. The van der Waals surface area contributed by atoms with Gasteiger partial charge in [-0.3, -0.25) is 4.72 Å². The number of sulfonamides is 1. The number of fused-ring (bicyclic) bond motifs is 1. The number of nitrogen functional groups attached to an aromatic ring is 1. The second-order valence-corrected chi connectivity index (χ2v) is 6.92. The molecule has 4 N–H and O–H groups in total. The molecule has 0 aliphatic heterocycles. The SMILES string of the molecule is Cc1cc(S(=O)(=O)Nc2ccccc2O)c2ccccc2c1N. The van der Waals surface area contributed by atoms with E-state index in [1.54, 1.807) is 43.3 Å². The normalized spacial score (nSPS) is 11.5. The smallest absolute Gasteiger partial charge is 0.262 e. The molecule has 0 heterocycles. The summed E-state index contributed by atoms with van der Waals surface area (Å²) in [5, 5.41) is 11.0. The predicted octanol–water partition coefficient (Wildman–Crippen LogP) is 3.24. The molecular weight excluding hydrogens is 312 g/mol. The van der Waals surface area contributed by atoms with E-state index < -0.39 is 10.0 Å². The van der Waals surface area contributed by atoms with Gasteiger partial charge in [0.2, 0.25) is 0 Å². The van der Waals surface area contributed by atoms with Crippen LogP contribution in [-0.4, -0.2) is 13.5 Å². The number of phenols is 1. The predicted molar refractivity (Wildman–Crippen MR) is 92.0 cm³/mol. The Morgan fingerprint density at radius 2 is 1.61 bits per heavy atom. The molecule has 3 aromatic carbocycles. The minimum Gasteiger partial charge on any atom is -0.506 e. The minimum absolute atomic E-state index is 0.128. The summed E-state index contributed by atoms with van der Waals surface area (Å²) in [6, 6.07) is 14.8. The van der Waals surface area contributed by atoms with Gasteiger partial charge in [0.15, 0.2) is 0 Å². The Kier molecular flexibility index (Phi) is 3.61. The Morgan fingerprint density at radius 1 is 1.00 bits per heavy atom. The first-order chi connectivity index (χ1) is 10.9. The van der Waals surface area contributed by atoms with Gasteiger partial charge in [0.1, 0.15) is 5.75 Å². The topological polar surface area (TPSA) is 92.4 Å². The molecule has 0 atom stereocenters. The molecule has 0 spiro atoms. The number of aromatic hydroxyl groups is 1. The molecule has 0 bridgehead atoms. The zero-order valence-electron chi connectivity index (χ0n) is 12.4. The van der Waals surface area contributed by atoms with E-state index in [-0.39, 0.29) is 16.3 Å². The standard InChI is InChI=1S/C17H16N2O3S/c1-11-10-16(12-6-2-3-7-13(12)17(11)18)23(21,22)19-14-8-4-5-9-15(14)20/h2-10,19-20H,18H2,1H3. The number of hydrogen-bond acceptors (Lipinski definition) is 4. The average molecular weight is 328 g/mol. The molecule has 3 aromatic rings. The number of rotatable bonds is 3. The molecule has 0 fully saturated rings. The lowest BCUT2D eigenvalue weighted by molar-refractivity contribution is 0.477. The van der Waals surface area contributed by atoms with Gasteiger partial charge in [-0.15, -0.1) is 0 Å². The van der Waals surface area contributed by atoms with Crippen LogP contribution in [0.5, 0.6) is 5.75 Å². The van der Waals surface area contributed by atoms with Crippen molar-refractivity contribution in [3.63, 3.8) is 0 Å². The van der Waals surface area contributed by atoms with Gasteiger partial charge in [-0.1, -0.05) is 36.4 Å². The highest BCUT2D eigenvalue weighted by atomic mass is 32.2. The molecule has 5 nitrogen and oxygen atoms in total. The van der Waals surface area contributed by atoms with Gasteiger partial charge >= 0.3 is 0 Å². The van der Waals surface area contributed by atoms with Crippen molar-refractivity contribution in [2.75, 3.05) is 10.5 Å². The number of nitrogens with one attached hydrogen (secondary N) is 1.